The number of hydrogen-bond acceptors (Lipinski definition) is 5. The summed E-state index contributed by atoms with van der Waals surface area (Å²) in [6.45, 7) is 3.12. The molecule has 2 aromatic heterocycles. The summed E-state index contributed by atoms with van der Waals surface area (Å²) < 4.78 is 2.10. The Hall–Kier alpha value is -2.22. The van der Waals surface area contributed by atoms with E-state index in [0.29, 0.717) is 11.8 Å². The number of hydrogen-bond donors (Lipinski definition) is 2. The fourth-order valence-electron chi connectivity index (χ4n) is 3.74. The van der Waals surface area contributed by atoms with Crippen LogP contribution in [-0.2, 0) is 24.9 Å². The second-order valence-corrected chi connectivity index (χ2v) is 7.86. The van der Waals surface area contributed by atoms with Crippen LogP contribution in [0.3, 0.4) is 0 Å². The van der Waals surface area contributed by atoms with Crippen LogP contribution in [0.4, 0.5) is 0 Å². The van der Waals surface area contributed by atoms with Crippen LogP contribution in [0, 0.1) is 0 Å². The number of carbonyl (C=O) groups is 1. The van der Waals surface area contributed by atoms with Crippen molar-refractivity contribution in [1.82, 2.24) is 35.2 Å². The minimum atomic E-state index is 0.0392. The molecule has 0 aliphatic heterocycles. The predicted octanol–water partition coefficient (Wildman–Crippen LogP) is 1.43. The highest BCUT2D eigenvalue weighted by Gasteiger charge is 2.34. The lowest BCUT2D eigenvalue weighted by molar-refractivity contribution is -0.120. The highest BCUT2D eigenvalue weighted by molar-refractivity contribution is 5.73. The first-order valence-electron chi connectivity index (χ1n) is 9.37. The number of aromatic amines is 1. The maximum Gasteiger partial charge on any atom is 0.217 e. The van der Waals surface area contributed by atoms with Crippen LogP contribution >= 0.6 is 0 Å². The highest BCUT2D eigenvalue weighted by atomic mass is 16.1. The molecule has 2 N–H and O–H groups in total. The zero-order valence-electron chi connectivity index (χ0n) is 15.7. The van der Waals surface area contributed by atoms with E-state index in [2.05, 4.69) is 48.3 Å². The van der Waals surface area contributed by atoms with E-state index in [1.165, 1.54) is 18.5 Å². The van der Waals surface area contributed by atoms with Gasteiger partial charge in [-0.25, -0.2) is 0 Å². The molecule has 8 heteroatoms. The van der Waals surface area contributed by atoms with Crippen LogP contribution in [0.5, 0.6) is 0 Å². The van der Waals surface area contributed by atoms with E-state index in [1.807, 2.05) is 7.05 Å². The first-order valence-corrected chi connectivity index (χ1v) is 9.37. The number of H-pyrrole nitrogens is 1. The van der Waals surface area contributed by atoms with Gasteiger partial charge in [0, 0.05) is 44.1 Å². The van der Waals surface area contributed by atoms with Crippen molar-refractivity contribution in [2.45, 2.75) is 63.6 Å². The Bertz CT molecular complexity index is 785. The summed E-state index contributed by atoms with van der Waals surface area (Å²) in [5.41, 5.74) is 2.35. The molecule has 0 radical (unpaired) electrons. The molecule has 2 heterocycles. The van der Waals surface area contributed by atoms with Crippen molar-refractivity contribution in [2.75, 3.05) is 7.05 Å². The minimum Gasteiger partial charge on any atom is -0.354 e. The lowest BCUT2D eigenvalue weighted by Gasteiger charge is -2.34. The monoisotopic (exact) mass is 357 g/mol. The van der Waals surface area contributed by atoms with Crippen LogP contribution in [0.1, 0.15) is 67.5 Å². The highest BCUT2D eigenvalue weighted by Crippen LogP contribution is 2.39. The second-order valence-electron chi connectivity index (χ2n) is 7.86. The van der Waals surface area contributed by atoms with Gasteiger partial charge in [-0.05, 0) is 38.8 Å². The number of nitrogens with zero attached hydrogens (tertiary/aromatic N) is 5. The molecule has 4 rings (SSSR count). The van der Waals surface area contributed by atoms with Gasteiger partial charge in [-0.1, -0.05) is 0 Å². The van der Waals surface area contributed by atoms with E-state index in [1.54, 1.807) is 6.92 Å². The molecule has 0 unspecified atom stereocenters. The van der Waals surface area contributed by atoms with E-state index in [0.717, 1.165) is 43.3 Å². The van der Waals surface area contributed by atoms with Gasteiger partial charge in [0.15, 0.2) is 0 Å². The number of rotatable bonds is 7. The molecule has 26 heavy (non-hydrogen) atoms. The van der Waals surface area contributed by atoms with Crippen molar-refractivity contribution in [1.29, 1.82) is 0 Å². The van der Waals surface area contributed by atoms with Crippen LogP contribution in [0.25, 0.3) is 0 Å². The standard InChI is InChI=1S/C18H27N7O/c1-11(26)19-14-6-13(7-14)18-23-22-17(25(18)3)10-24(2)9-15-8-16(21-20-15)12-4-5-12/h8,12-14H,4-7,9-10H2,1-3H3,(H,19,26)(H,20,21). The van der Waals surface area contributed by atoms with Gasteiger partial charge in [0.1, 0.15) is 11.6 Å². The molecule has 0 saturated heterocycles. The Kier molecular flexibility index (Phi) is 4.52. The van der Waals surface area contributed by atoms with Crippen molar-refractivity contribution in [3.63, 3.8) is 0 Å². The molecule has 8 nitrogen and oxygen atoms in total. The molecule has 1 amide bonds. The van der Waals surface area contributed by atoms with Crippen molar-refractivity contribution in [2.24, 2.45) is 7.05 Å². The molecular formula is C18H27N7O. The summed E-state index contributed by atoms with van der Waals surface area (Å²) in [6.07, 6.45) is 4.43. The summed E-state index contributed by atoms with van der Waals surface area (Å²) in [4.78, 5) is 13.3. The molecule has 0 bridgehead atoms. The molecule has 0 aromatic carbocycles. The Morgan fingerprint density at radius 2 is 2.08 bits per heavy atom. The fourth-order valence-corrected chi connectivity index (χ4v) is 3.74. The third kappa shape index (κ3) is 3.65. The second kappa shape index (κ2) is 6.83. The number of aromatic nitrogens is 5. The zero-order chi connectivity index (χ0) is 18.3. The summed E-state index contributed by atoms with van der Waals surface area (Å²) in [5, 5.41) is 19.3. The molecule has 2 aliphatic rings. The summed E-state index contributed by atoms with van der Waals surface area (Å²) in [5.74, 6) is 3.09. The van der Waals surface area contributed by atoms with E-state index < -0.39 is 0 Å². The molecule has 2 saturated carbocycles. The van der Waals surface area contributed by atoms with E-state index >= 15 is 0 Å². The molecule has 2 aromatic rings. The Labute approximate surface area is 153 Å². The Morgan fingerprint density at radius 1 is 1.31 bits per heavy atom. The van der Waals surface area contributed by atoms with Crippen molar-refractivity contribution < 1.29 is 4.79 Å². The SMILES string of the molecule is CC(=O)NC1CC(c2nnc(CN(C)Cc3cc(C4CC4)n[nH]3)n2C)C1. The summed E-state index contributed by atoms with van der Waals surface area (Å²) in [6, 6.07) is 2.47. The maximum absolute atomic E-state index is 11.1. The third-order valence-corrected chi connectivity index (χ3v) is 5.41. The average molecular weight is 357 g/mol. The lowest BCUT2D eigenvalue weighted by Crippen LogP contribution is -2.43. The van der Waals surface area contributed by atoms with Gasteiger partial charge in [0.05, 0.1) is 12.2 Å². The molecule has 0 spiro atoms. The van der Waals surface area contributed by atoms with Crippen molar-refractivity contribution >= 4 is 5.91 Å². The smallest absolute Gasteiger partial charge is 0.217 e. The van der Waals surface area contributed by atoms with Crippen LogP contribution in [0.2, 0.25) is 0 Å². The quantitative estimate of drug-likeness (QED) is 0.782. The fraction of sp³-hybridized carbons (Fsp3) is 0.667. The van der Waals surface area contributed by atoms with E-state index in [9.17, 15) is 4.79 Å². The molecule has 0 atom stereocenters. The largest absolute Gasteiger partial charge is 0.354 e. The van der Waals surface area contributed by atoms with Gasteiger partial charge in [-0.15, -0.1) is 10.2 Å². The van der Waals surface area contributed by atoms with Gasteiger partial charge in [-0.3, -0.25) is 14.8 Å². The van der Waals surface area contributed by atoms with E-state index in [-0.39, 0.29) is 11.9 Å². The maximum atomic E-state index is 11.1. The Balaban J connectivity index is 1.32. The first kappa shape index (κ1) is 17.2. The first-order chi connectivity index (χ1) is 12.5. The lowest BCUT2D eigenvalue weighted by atomic mass is 9.79. The predicted molar refractivity (Wildman–Crippen MR) is 96.3 cm³/mol. The topological polar surface area (TPSA) is 91.7 Å². The van der Waals surface area contributed by atoms with Crippen LogP contribution < -0.4 is 5.32 Å². The Morgan fingerprint density at radius 3 is 2.77 bits per heavy atom. The molecule has 140 valence electrons. The number of carbonyl (C=O) groups excluding carboxylic acids is 1. The summed E-state index contributed by atoms with van der Waals surface area (Å²) in [7, 11) is 4.12. The number of nitrogens with one attached hydrogen (secondary N) is 2. The normalized spacial score (nSPS) is 22.5. The van der Waals surface area contributed by atoms with Crippen LogP contribution in [0.15, 0.2) is 6.07 Å². The van der Waals surface area contributed by atoms with Crippen LogP contribution in [-0.4, -0.2) is 48.9 Å². The van der Waals surface area contributed by atoms with Gasteiger partial charge >= 0.3 is 0 Å². The third-order valence-electron chi connectivity index (χ3n) is 5.41. The number of amides is 1. The zero-order valence-corrected chi connectivity index (χ0v) is 15.7. The van der Waals surface area contributed by atoms with Gasteiger partial charge < -0.3 is 9.88 Å². The minimum absolute atomic E-state index is 0.0392. The van der Waals surface area contributed by atoms with E-state index in [4.69, 9.17) is 0 Å². The van der Waals surface area contributed by atoms with Crippen molar-refractivity contribution in [3.8, 4) is 0 Å². The molecule has 2 fully saturated rings. The average Bonchev–Trinajstić information content (AvgIpc) is 3.21. The molecule has 2 aliphatic carbocycles. The molecular weight excluding hydrogens is 330 g/mol. The van der Waals surface area contributed by atoms with Crippen molar-refractivity contribution in [3.05, 3.63) is 29.1 Å². The van der Waals surface area contributed by atoms with Gasteiger partial charge in [0.2, 0.25) is 5.91 Å². The van der Waals surface area contributed by atoms with Gasteiger partial charge in [0.25, 0.3) is 0 Å². The van der Waals surface area contributed by atoms with Gasteiger partial charge in [-0.2, -0.15) is 5.10 Å². The summed E-state index contributed by atoms with van der Waals surface area (Å²) >= 11 is 0.